The highest BCUT2D eigenvalue weighted by atomic mass is 35.5. The third-order valence-electron chi connectivity index (χ3n) is 4.53. The molecule has 1 saturated heterocycles. The Morgan fingerprint density at radius 2 is 1.88 bits per heavy atom. The minimum Gasteiger partial charge on any atom is -0.452 e. The van der Waals surface area contributed by atoms with Gasteiger partial charge in [-0.3, -0.25) is 4.79 Å². The summed E-state index contributed by atoms with van der Waals surface area (Å²) in [7, 11) is -2.57. The highest BCUT2D eigenvalue weighted by molar-refractivity contribution is 7.89. The van der Waals surface area contributed by atoms with Crippen LogP contribution in [-0.2, 0) is 19.6 Å². The number of benzene rings is 1. The Balaban J connectivity index is 2.08. The van der Waals surface area contributed by atoms with Gasteiger partial charge in [0.1, 0.15) is 4.90 Å². The summed E-state index contributed by atoms with van der Waals surface area (Å²) in [6.45, 7) is 3.57. The van der Waals surface area contributed by atoms with Crippen molar-refractivity contribution in [3.63, 3.8) is 0 Å². The lowest BCUT2D eigenvalue weighted by Gasteiger charge is -2.38. The predicted octanol–water partition coefficient (Wildman–Crippen LogP) is 2.19. The van der Waals surface area contributed by atoms with E-state index in [1.165, 1.54) is 19.2 Å². The van der Waals surface area contributed by atoms with Crippen LogP contribution >= 0.6 is 11.6 Å². The molecule has 144 valence electrons. The molecule has 0 radical (unpaired) electrons. The van der Waals surface area contributed by atoms with E-state index in [0.717, 1.165) is 25.3 Å². The summed E-state index contributed by atoms with van der Waals surface area (Å²) in [5, 5.41) is -0.0112. The maximum absolute atomic E-state index is 12.4. The summed E-state index contributed by atoms with van der Waals surface area (Å²) < 4.78 is 31.1. The SMILES string of the molecule is CNS(=O)(=O)c1cc(C(=O)OCC(=O)N2[C@H](C)CCC[C@H]2C)ccc1Cl. The Kier molecular flexibility index (Phi) is 6.65. The van der Waals surface area contributed by atoms with Crippen LogP contribution in [0.15, 0.2) is 23.1 Å². The minimum atomic E-state index is -3.81. The first-order chi connectivity index (χ1) is 12.2. The fraction of sp³-hybridized carbons (Fsp3) is 0.529. The molecule has 1 aromatic rings. The molecule has 1 heterocycles. The maximum Gasteiger partial charge on any atom is 0.338 e. The van der Waals surface area contributed by atoms with E-state index in [0.29, 0.717) is 0 Å². The smallest absolute Gasteiger partial charge is 0.338 e. The number of halogens is 1. The number of hydrogen-bond donors (Lipinski definition) is 1. The van der Waals surface area contributed by atoms with E-state index in [2.05, 4.69) is 4.72 Å². The monoisotopic (exact) mass is 402 g/mol. The lowest BCUT2D eigenvalue weighted by Crippen LogP contribution is -2.49. The molecule has 0 bridgehead atoms. The summed E-state index contributed by atoms with van der Waals surface area (Å²) in [5.74, 6) is -1.03. The molecule has 0 aliphatic carbocycles. The minimum absolute atomic E-state index is 0.00997. The second kappa shape index (κ2) is 8.37. The van der Waals surface area contributed by atoms with Crippen LogP contribution in [0.1, 0.15) is 43.5 Å². The largest absolute Gasteiger partial charge is 0.452 e. The summed E-state index contributed by atoms with van der Waals surface area (Å²) in [6.07, 6.45) is 2.91. The van der Waals surface area contributed by atoms with E-state index >= 15 is 0 Å². The lowest BCUT2D eigenvalue weighted by atomic mass is 9.97. The molecule has 1 aliphatic heterocycles. The summed E-state index contributed by atoms with van der Waals surface area (Å²) in [6, 6.07) is 4.00. The molecular formula is C17H23ClN2O5S. The maximum atomic E-state index is 12.4. The number of nitrogens with zero attached hydrogens (tertiary/aromatic N) is 1. The number of ether oxygens (including phenoxy) is 1. The van der Waals surface area contributed by atoms with Crippen molar-refractivity contribution in [2.24, 2.45) is 0 Å². The molecule has 1 aliphatic rings. The van der Waals surface area contributed by atoms with Gasteiger partial charge in [-0.15, -0.1) is 0 Å². The van der Waals surface area contributed by atoms with Crippen LogP contribution in [0.5, 0.6) is 0 Å². The van der Waals surface area contributed by atoms with E-state index in [-0.39, 0.29) is 40.1 Å². The zero-order valence-corrected chi connectivity index (χ0v) is 16.6. The van der Waals surface area contributed by atoms with Crippen molar-refractivity contribution in [2.75, 3.05) is 13.7 Å². The number of piperidine rings is 1. The Morgan fingerprint density at radius 1 is 1.27 bits per heavy atom. The van der Waals surface area contributed by atoms with Gasteiger partial charge in [-0.2, -0.15) is 0 Å². The first kappa shape index (κ1) is 20.7. The molecule has 2 atom stereocenters. The van der Waals surface area contributed by atoms with Crippen LogP contribution < -0.4 is 4.72 Å². The van der Waals surface area contributed by atoms with Crippen molar-refractivity contribution in [1.82, 2.24) is 9.62 Å². The van der Waals surface area contributed by atoms with Gasteiger partial charge in [-0.25, -0.2) is 17.9 Å². The first-order valence-electron chi connectivity index (χ1n) is 8.38. The molecule has 2 rings (SSSR count). The number of sulfonamides is 1. The Bertz CT molecular complexity index is 786. The molecular weight excluding hydrogens is 380 g/mol. The highest BCUT2D eigenvalue weighted by Crippen LogP contribution is 2.24. The number of likely N-dealkylation sites (tertiary alicyclic amines) is 1. The Hall–Kier alpha value is -1.64. The van der Waals surface area contributed by atoms with Gasteiger partial charge in [-0.1, -0.05) is 11.6 Å². The van der Waals surface area contributed by atoms with E-state index in [9.17, 15) is 18.0 Å². The van der Waals surface area contributed by atoms with Crippen LogP contribution in [-0.4, -0.2) is 50.9 Å². The zero-order chi connectivity index (χ0) is 19.5. The quantitative estimate of drug-likeness (QED) is 0.762. The van der Waals surface area contributed by atoms with Gasteiger partial charge in [0, 0.05) is 12.1 Å². The van der Waals surface area contributed by atoms with Crippen LogP contribution in [0.2, 0.25) is 5.02 Å². The van der Waals surface area contributed by atoms with Crippen molar-refractivity contribution in [1.29, 1.82) is 0 Å². The van der Waals surface area contributed by atoms with Crippen molar-refractivity contribution in [2.45, 2.75) is 50.1 Å². The van der Waals surface area contributed by atoms with Crippen molar-refractivity contribution >= 4 is 33.5 Å². The van der Waals surface area contributed by atoms with Crippen LogP contribution in [0, 0.1) is 0 Å². The molecule has 1 N–H and O–H groups in total. The van der Waals surface area contributed by atoms with E-state index in [1.54, 1.807) is 4.90 Å². The molecule has 0 aromatic heterocycles. The van der Waals surface area contributed by atoms with Gasteiger partial charge in [0.25, 0.3) is 5.91 Å². The molecule has 0 spiro atoms. The van der Waals surface area contributed by atoms with Gasteiger partial charge in [0.15, 0.2) is 6.61 Å². The van der Waals surface area contributed by atoms with Crippen molar-refractivity contribution in [3.8, 4) is 0 Å². The number of carbonyl (C=O) groups excluding carboxylic acids is 2. The van der Waals surface area contributed by atoms with E-state index in [4.69, 9.17) is 16.3 Å². The predicted molar refractivity (Wildman–Crippen MR) is 97.6 cm³/mol. The Morgan fingerprint density at radius 3 is 2.46 bits per heavy atom. The second-order valence-corrected chi connectivity index (χ2v) is 8.62. The second-order valence-electron chi connectivity index (χ2n) is 6.36. The van der Waals surface area contributed by atoms with Gasteiger partial charge in [-0.05, 0) is 58.4 Å². The number of carbonyl (C=O) groups is 2. The van der Waals surface area contributed by atoms with Gasteiger partial charge >= 0.3 is 5.97 Å². The number of nitrogens with one attached hydrogen (secondary N) is 1. The number of rotatable bonds is 5. The zero-order valence-electron chi connectivity index (χ0n) is 15.0. The topological polar surface area (TPSA) is 92.8 Å². The molecule has 1 aromatic carbocycles. The standard InChI is InChI=1S/C17H23ClN2O5S/c1-11-5-4-6-12(2)20(11)16(21)10-25-17(22)13-7-8-14(18)15(9-13)26(23,24)19-3/h7-9,11-12,19H,4-6,10H2,1-3H3/t11-,12-/m1/s1. The van der Waals surface area contributed by atoms with E-state index in [1.807, 2.05) is 13.8 Å². The fourth-order valence-electron chi connectivity index (χ4n) is 3.14. The van der Waals surface area contributed by atoms with E-state index < -0.39 is 16.0 Å². The molecule has 1 fully saturated rings. The molecule has 26 heavy (non-hydrogen) atoms. The molecule has 0 unspecified atom stereocenters. The fourth-order valence-corrected chi connectivity index (χ4v) is 4.39. The highest BCUT2D eigenvalue weighted by Gasteiger charge is 2.29. The lowest BCUT2D eigenvalue weighted by molar-refractivity contribution is -0.140. The number of hydrogen-bond acceptors (Lipinski definition) is 5. The van der Waals surface area contributed by atoms with Gasteiger partial charge in [0.2, 0.25) is 10.0 Å². The first-order valence-corrected chi connectivity index (χ1v) is 10.2. The molecule has 9 heteroatoms. The molecule has 1 amide bonds. The molecule has 0 saturated carbocycles. The van der Waals surface area contributed by atoms with Crippen LogP contribution in [0.3, 0.4) is 0 Å². The Labute approximate surface area is 158 Å². The molecule has 7 nitrogen and oxygen atoms in total. The third-order valence-corrected chi connectivity index (χ3v) is 6.43. The number of esters is 1. The average Bonchev–Trinajstić information content (AvgIpc) is 2.59. The summed E-state index contributed by atoms with van der Waals surface area (Å²) in [5.41, 5.74) is 0.00997. The summed E-state index contributed by atoms with van der Waals surface area (Å²) >= 11 is 5.89. The van der Waals surface area contributed by atoms with Crippen molar-refractivity contribution in [3.05, 3.63) is 28.8 Å². The third kappa shape index (κ3) is 4.55. The van der Waals surface area contributed by atoms with Gasteiger partial charge < -0.3 is 9.64 Å². The average molecular weight is 403 g/mol. The summed E-state index contributed by atoms with van der Waals surface area (Å²) in [4.78, 5) is 26.1. The van der Waals surface area contributed by atoms with Crippen LogP contribution in [0.25, 0.3) is 0 Å². The van der Waals surface area contributed by atoms with Crippen LogP contribution in [0.4, 0.5) is 0 Å². The van der Waals surface area contributed by atoms with Gasteiger partial charge in [0.05, 0.1) is 10.6 Å². The number of amides is 1. The van der Waals surface area contributed by atoms with Crippen molar-refractivity contribution < 1.29 is 22.7 Å². The normalized spacial score (nSPS) is 20.7.